The molecule has 1 saturated heterocycles. The minimum absolute atomic E-state index is 0.644. The lowest BCUT2D eigenvalue weighted by molar-refractivity contribution is 0.399. The predicted octanol–water partition coefficient (Wildman–Crippen LogP) is 0.686. The van der Waals surface area contributed by atoms with E-state index in [2.05, 4.69) is 21.7 Å². The van der Waals surface area contributed by atoms with Crippen LogP contribution in [0.2, 0.25) is 0 Å². The molecule has 72 valence electrons. The van der Waals surface area contributed by atoms with Gasteiger partial charge in [-0.1, -0.05) is 6.08 Å². The molecule has 0 radical (unpaired) electrons. The van der Waals surface area contributed by atoms with Crippen molar-refractivity contribution in [1.82, 2.24) is 10.6 Å². The molecule has 0 aromatic carbocycles. The summed E-state index contributed by atoms with van der Waals surface area (Å²) in [5.74, 6) is 0. The van der Waals surface area contributed by atoms with E-state index < -0.39 is 0 Å². The number of allylic oxidation sites excluding steroid dienone is 2. The fourth-order valence-corrected chi connectivity index (χ4v) is 1.82. The summed E-state index contributed by atoms with van der Waals surface area (Å²) in [6.45, 7) is 3.32. The van der Waals surface area contributed by atoms with Crippen molar-refractivity contribution in [3.63, 3.8) is 0 Å². The predicted molar refractivity (Wildman–Crippen MR) is 55.1 cm³/mol. The topological polar surface area (TPSA) is 36.4 Å². The SMILES string of the molecule is C1=NC(CCC2CNCCN2)=CC1. The van der Waals surface area contributed by atoms with Crippen LogP contribution >= 0.6 is 0 Å². The van der Waals surface area contributed by atoms with Crippen molar-refractivity contribution in [2.75, 3.05) is 19.6 Å². The van der Waals surface area contributed by atoms with Crippen molar-refractivity contribution in [3.8, 4) is 0 Å². The van der Waals surface area contributed by atoms with Gasteiger partial charge in [-0.25, -0.2) is 0 Å². The van der Waals surface area contributed by atoms with E-state index in [9.17, 15) is 0 Å². The molecule has 0 aromatic rings. The smallest absolute Gasteiger partial charge is 0.0364 e. The number of piperazine rings is 1. The van der Waals surface area contributed by atoms with Crippen LogP contribution in [0.5, 0.6) is 0 Å². The van der Waals surface area contributed by atoms with Crippen molar-refractivity contribution in [2.24, 2.45) is 4.99 Å². The van der Waals surface area contributed by atoms with Crippen LogP contribution in [0.3, 0.4) is 0 Å². The van der Waals surface area contributed by atoms with Gasteiger partial charge in [-0.15, -0.1) is 0 Å². The maximum Gasteiger partial charge on any atom is 0.0364 e. The van der Waals surface area contributed by atoms with E-state index >= 15 is 0 Å². The van der Waals surface area contributed by atoms with Crippen LogP contribution in [0.15, 0.2) is 16.8 Å². The van der Waals surface area contributed by atoms with E-state index in [0.29, 0.717) is 6.04 Å². The van der Waals surface area contributed by atoms with Crippen LogP contribution in [-0.2, 0) is 0 Å². The summed E-state index contributed by atoms with van der Waals surface area (Å²) in [4.78, 5) is 4.31. The molecule has 2 aliphatic heterocycles. The lowest BCUT2D eigenvalue weighted by Gasteiger charge is -2.24. The number of hydrogen-bond acceptors (Lipinski definition) is 3. The lowest BCUT2D eigenvalue weighted by Crippen LogP contribution is -2.48. The number of hydrogen-bond donors (Lipinski definition) is 2. The molecular formula is C10H17N3. The molecule has 2 aliphatic rings. The van der Waals surface area contributed by atoms with Crippen molar-refractivity contribution < 1.29 is 0 Å². The van der Waals surface area contributed by atoms with E-state index in [1.54, 1.807) is 0 Å². The quantitative estimate of drug-likeness (QED) is 0.668. The molecule has 0 amide bonds. The zero-order valence-electron chi connectivity index (χ0n) is 7.92. The normalized spacial score (nSPS) is 27.7. The van der Waals surface area contributed by atoms with E-state index in [0.717, 1.165) is 32.5 Å². The highest BCUT2D eigenvalue weighted by atomic mass is 15.0. The molecule has 0 bridgehead atoms. The molecular weight excluding hydrogens is 162 g/mol. The fraction of sp³-hybridized carbons (Fsp3) is 0.700. The molecule has 0 aromatic heterocycles. The van der Waals surface area contributed by atoms with Crippen molar-refractivity contribution in [3.05, 3.63) is 11.8 Å². The standard InChI is InChI=1S/C10H17N3/c1-2-9(12-5-1)3-4-10-8-11-6-7-13-10/h2,5,10-11,13H,1,3-4,6-8H2. The number of rotatable bonds is 3. The molecule has 1 unspecified atom stereocenters. The first-order valence-electron chi connectivity index (χ1n) is 5.11. The monoisotopic (exact) mass is 179 g/mol. The zero-order chi connectivity index (χ0) is 8.93. The molecule has 2 N–H and O–H groups in total. The minimum atomic E-state index is 0.644. The van der Waals surface area contributed by atoms with Crippen molar-refractivity contribution >= 4 is 6.21 Å². The minimum Gasteiger partial charge on any atom is -0.314 e. The van der Waals surface area contributed by atoms with Gasteiger partial charge >= 0.3 is 0 Å². The lowest BCUT2D eigenvalue weighted by atomic mass is 10.1. The van der Waals surface area contributed by atoms with Crippen LogP contribution in [0.1, 0.15) is 19.3 Å². The largest absolute Gasteiger partial charge is 0.314 e. The molecule has 0 spiro atoms. The van der Waals surface area contributed by atoms with E-state index in [1.807, 2.05) is 6.21 Å². The van der Waals surface area contributed by atoms with Crippen LogP contribution in [0, 0.1) is 0 Å². The maximum atomic E-state index is 4.31. The summed E-state index contributed by atoms with van der Waals surface area (Å²) in [6, 6.07) is 0.644. The Morgan fingerprint density at radius 2 is 2.46 bits per heavy atom. The van der Waals surface area contributed by atoms with Crippen molar-refractivity contribution in [2.45, 2.75) is 25.3 Å². The Kier molecular flexibility index (Phi) is 3.11. The van der Waals surface area contributed by atoms with Gasteiger partial charge in [0.25, 0.3) is 0 Å². The molecule has 0 saturated carbocycles. The highest BCUT2D eigenvalue weighted by Gasteiger charge is 2.12. The zero-order valence-corrected chi connectivity index (χ0v) is 7.92. The van der Waals surface area contributed by atoms with Gasteiger partial charge in [-0.3, -0.25) is 4.99 Å². The Hall–Kier alpha value is -0.670. The van der Waals surface area contributed by atoms with Gasteiger partial charge in [0.05, 0.1) is 0 Å². The average Bonchev–Trinajstić information content (AvgIpc) is 2.69. The Labute approximate surface area is 79.3 Å². The van der Waals surface area contributed by atoms with Gasteiger partial charge in [-0.05, 0) is 12.8 Å². The van der Waals surface area contributed by atoms with E-state index in [4.69, 9.17) is 0 Å². The first kappa shape index (κ1) is 8.91. The number of nitrogens with one attached hydrogen (secondary N) is 2. The van der Waals surface area contributed by atoms with Gasteiger partial charge in [0, 0.05) is 44.0 Å². The van der Waals surface area contributed by atoms with E-state index in [1.165, 1.54) is 12.1 Å². The first-order chi connectivity index (χ1) is 6.45. The molecule has 2 rings (SSSR count). The van der Waals surface area contributed by atoms with Gasteiger partial charge in [0.1, 0.15) is 0 Å². The Morgan fingerprint density at radius 1 is 1.46 bits per heavy atom. The van der Waals surface area contributed by atoms with Crippen molar-refractivity contribution in [1.29, 1.82) is 0 Å². The maximum absolute atomic E-state index is 4.31. The molecule has 0 aliphatic carbocycles. The highest BCUT2D eigenvalue weighted by Crippen LogP contribution is 2.13. The van der Waals surface area contributed by atoms with Gasteiger partial charge in [0.15, 0.2) is 0 Å². The third-order valence-corrected chi connectivity index (χ3v) is 2.59. The summed E-state index contributed by atoms with van der Waals surface area (Å²) >= 11 is 0. The summed E-state index contributed by atoms with van der Waals surface area (Å²) in [7, 11) is 0. The summed E-state index contributed by atoms with van der Waals surface area (Å²) in [5, 5.41) is 6.89. The number of nitrogens with zero attached hydrogens (tertiary/aromatic N) is 1. The van der Waals surface area contributed by atoms with Crippen LogP contribution in [0.4, 0.5) is 0 Å². The summed E-state index contributed by atoms with van der Waals surface area (Å²) in [6.07, 6.45) is 7.57. The van der Waals surface area contributed by atoms with Crippen LogP contribution in [0.25, 0.3) is 0 Å². The number of aliphatic imine (C=N–C) groups is 1. The second-order valence-corrected chi connectivity index (χ2v) is 3.64. The summed E-state index contributed by atoms with van der Waals surface area (Å²) in [5.41, 5.74) is 1.27. The Balaban J connectivity index is 1.69. The van der Waals surface area contributed by atoms with Crippen LogP contribution in [-0.4, -0.2) is 31.9 Å². The fourth-order valence-electron chi connectivity index (χ4n) is 1.82. The van der Waals surface area contributed by atoms with Gasteiger partial charge in [-0.2, -0.15) is 0 Å². The highest BCUT2D eigenvalue weighted by molar-refractivity contribution is 5.64. The van der Waals surface area contributed by atoms with Gasteiger partial charge < -0.3 is 10.6 Å². The Bertz CT molecular complexity index is 214. The average molecular weight is 179 g/mol. The third kappa shape index (κ3) is 2.64. The molecule has 3 heteroatoms. The molecule has 1 atom stereocenters. The molecule has 1 fully saturated rings. The Morgan fingerprint density at radius 3 is 3.15 bits per heavy atom. The molecule has 3 nitrogen and oxygen atoms in total. The second kappa shape index (κ2) is 4.53. The third-order valence-electron chi connectivity index (χ3n) is 2.59. The summed E-state index contributed by atoms with van der Waals surface area (Å²) < 4.78 is 0. The van der Waals surface area contributed by atoms with Crippen LogP contribution < -0.4 is 10.6 Å². The first-order valence-corrected chi connectivity index (χ1v) is 5.11. The second-order valence-electron chi connectivity index (χ2n) is 3.64. The molecule has 13 heavy (non-hydrogen) atoms. The molecule has 2 heterocycles. The van der Waals surface area contributed by atoms with E-state index in [-0.39, 0.29) is 0 Å². The van der Waals surface area contributed by atoms with Gasteiger partial charge in [0.2, 0.25) is 0 Å².